The van der Waals surface area contributed by atoms with E-state index in [2.05, 4.69) is 26.7 Å². The first-order chi connectivity index (χ1) is 10.1. The third-order valence-electron chi connectivity index (χ3n) is 2.82. The van der Waals surface area contributed by atoms with Crippen LogP contribution in [0.1, 0.15) is 10.4 Å². The molecule has 0 aliphatic heterocycles. The minimum absolute atomic E-state index is 0.0611. The van der Waals surface area contributed by atoms with E-state index in [1.54, 1.807) is 18.2 Å². The molecule has 2 aromatic rings. The zero-order valence-corrected chi connectivity index (χ0v) is 12.7. The molecule has 5 nitrogen and oxygen atoms in total. The minimum atomic E-state index is -0.602. The van der Waals surface area contributed by atoms with Crippen LogP contribution in [0.2, 0.25) is 0 Å². The number of halogens is 2. The van der Waals surface area contributed by atoms with Gasteiger partial charge in [-0.05, 0) is 40.2 Å². The Kier molecular flexibility index (Phi) is 4.77. The van der Waals surface area contributed by atoms with E-state index in [1.165, 1.54) is 25.3 Å². The second-order valence-electron chi connectivity index (χ2n) is 4.11. The molecule has 1 amide bonds. The molecule has 0 unspecified atom stereocenters. The number of para-hydroxylation sites is 1. The van der Waals surface area contributed by atoms with Crippen LogP contribution in [0.25, 0.3) is 0 Å². The highest BCUT2D eigenvalue weighted by atomic mass is 79.9. The van der Waals surface area contributed by atoms with Gasteiger partial charge < -0.3 is 15.5 Å². The number of nitrogens with two attached hydrogens (primary N) is 1. The van der Waals surface area contributed by atoms with Crippen LogP contribution in [0.3, 0.4) is 0 Å². The third-order valence-corrected chi connectivity index (χ3v) is 3.52. The fourth-order valence-corrected chi connectivity index (χ4v) is 2.12. The summed E-state index contributed by atoms with van der Waals surface area (Å²) < 4.78 is 19.4. The van der Waals surface area contributed by atoms with Crippen molar-refractivity contribution in [1.29, 1.82) is 0 Å². The first-order valence-corrected chi connectivity index (χ1v) is 6.76. The van der Waals surface area contributed by atoms with E-state index in [4.69, 9.17) is 10.6 Å². The Bertz CT molecular complexity index is 679. The lowest BCUT2D eigenvalue weighted by atomic mass is 10.1. The second kappa shape index (κ2) is 6.55. The molecule has 0 saturated carbocycles. The van der Waals surface area contributed by atoms with Gasteiger partial charge in [0.25, 0.3) is 5.91 Å². The molecule has 0 fully saturated rings. The highest BCUT2D eigenvalue weighted by Gasteiger charge is 2.15. The van der Waals surface area contributed by atoms with Gasteiger partial charge in [-0.1, -0.05) is 6.07 Å². The van der Waals surface area contributed by atoms with E-state index >= 15 is 0 Å². The molecule has 2 aromatic carbocycles. The highest BCUT2D eigenvalue weighted by Crippen LogP contribution is 2.28. The van der Waals surface area contributed by atoms with Crippen molar-refractivity contribution in [3.05, 3.63) is 52.3 Å². The summed E-state index contributed by atoms with van der Waals surface area (Å²) in [4.78, 5) is 12.3. The van der Waals surface area contributed by atoms with Crippen molar-refractivity contribution in [3.8, 4) is 5.75 Å². The van der Waals surface area contributed by atoms with Crippen LogP contribution >= 0.6 is 15.9 Å². The summed E-state index contributed by atoms with van der Waals surface area (Å²) in [5, 5.41) is 2.68. The van der Waals surface area contributed by atoms with Gasteiger partial charge in [0.1, 0.15) is 11.6 Å². The van der Waals surface area contributed by atoms with Crippen molar-refractivity contribution in [2.75, 3.05) is 17.9 Å². The fraction of sp³-hybridized carbons (Fsp3) is 0.0714. The summed E-state index contributed by atoms with van der Waals surface area (Å²) in [6, 6.07) is 9.26. The van der Waals surface area contributed by atoms with Gasteiger partial charge in [-0.3, -0.25) is 10.6 Å². The number of hydrogen-bond acceptors (Lipinski definition) is 4. The topological polar surface area (TPSA) is 76.4 Å². The van der Waals surface area contributed by atoms with Crippen molar-refractivity contribution >= 4 is 33.2 Å². The maximum absolute atomic E-state index is 13.6. The third kappa shape index (κ3) is 3.32. The summed E-state index contributed by atoms with van der Waals surface area (Å²) in [7, 11) is 1.53. The maximum atomic E-state index is 13.6. The van der Waals surface area contributed by atoms with Gasteiger partial charge >= 0.3 is 0 Å². The fourth-order valence-electron chi connectivity index (χ4n) is 1.78. The van der Waals surface area contributed by atoms with E-state index in [-0.39, 0.29) is 11.3 Å². The average molecular weight is 354 g/mol. The molecule has 0 bridgehead atoms. The van der Waals surface area contributed by atoms with Crippen molar-refractivity contribution in [2.24, 2.45) is 5.84 Å². The van der Waals surface area contributed by atoms with Gasteiger partial charge in [0, 0.05) is 10.5 Å². The molecular weight excluding hydrogens is 341 g/mol. The average Bonchev–Trinajstić information content (AvgIpc) is 2.49. The molecular formula is C14H13BrFN3O2. The Hall–Kier alpha value is -2.12. The summed E-state index contributed by atoms with van der Waals surface area (Å²) in [5.74, 6) is 4.76. The lowest BCUT2D eigenvalue weighted by Gasteiger charge is -2.12. The number of hydrazine groups is 1. The maximum Gasteiger partial charge on any atom is 0.257 e. The number of nitrogen functional groups attached to an aromatic ring is 1. The number of rotatable bonds is 4. The minimum Gasteiger partial charge on any atom is -0.497 e. The molecule has 0 aromatic heterocycles. The van der Waals surface area contributed by atoms with E-state index in [0.29, 0.717) is 15.9 Å². The van der Waals surface area contributed by atoms with Crippen LogP contribution in [-0.2, 0) is 0 Å². The molecule has 0 heterocycles. The molecule has 7 heteroatoms. The number of carbonyl (C=O) groups is 1. The molecule has 2 rings (SSSR count). The Morgan fingerprint density at radius 3 is 2.76 bits per heavy atom. The summed E-state index contributed by atoms with van der Waals surface area (Å²) in [6.07, 6.45) is 0. The largest absolute Gasteiger partial charge is 0.497 e. The number of amides is 1. The first kappa shape index (κ1) is 15.3. The van der Waals surface area contributed by atoms with Gasteiger partial charge in [-0.25, -0.2) is 4.39 Å². The lowest BCUT2D eigenvalue weighted by molar-refractivity contribution is 0.102. The van der Waals surface area contributed by atoms with Crippen LogP contribution in [0.5, 0.6) is 5.75 Å². The summed E-state index contributed by atoms with van der Waals surface area (Å²) >= 11 is 3.33. The number of methoxy groups -OCH3 is 1. The number of benzene rings is 2. The monoisotopic (exact) mass is 353 g/mol. The van der Waals surface area contributed by atoms with Crippen LogP contribution in [0, 0.1) is 5.82 Å². The smallest absolute Gasteiger partial charge is 0.257 e. The number of hydrogen-bond donors (Lipinski definition) is 3. The van der Waals surface area contributed by atoms with Gasteiger partial charge in [0.2, 0.25) is 0 Å². The Morgan fingerprint density at radius 2 is 2.10 bits per heavy atom. The quantitative estimate of drug-likeness (QED) is 0.582. The molecule has 4 N–H and O–H groups in total. The van der Waals surface area contributed by atoms with Gasteiger partial charge in [-0.15, -0.1) is 0 Å². The lowest BCUT2D eigenvalue weighted by Crippen LogP contribution is -2.18. The molecule has 0 spiro atoms. The Labute approximate surface area is 129 Å². The molecule has 0 aliphatic rings. The highest BCUT2D eigenvalue weighted by molar-refractivity contribution is 9.10. The molecule has 21 heavy (non-hydrogen) atoms. The zero-order valence-electron chi connectivity index (χ0n) is 11.1. The molecule has 0 aliphatic carbocycles. The van der Waals surface area contributed by atoms with Gasteiger partial charge in [-0.2, -0.15) is 0 Å². The first-order valence-electron chi connectivity index (χ1n) is 5.97. The van der Waals surface area contributed by atoms with Gasteiger partial charge in [0.15, 0.2) is 0 Å². The Balaban J connectivity index is 2.32. The number of carbonyl (C=O) groups excluding carboxylic acids is 1. The summed E-state index contributed by atoms with van der Waals surface area (Å²) in [5.41, 5.74) is 2.74. The van der Waals surface area contributed by atoms with Crippen molar-refractivity contribution in [3.63, 3.8) is 0 Å². The molecule has 110 valence electrons. The van der Waals surface area contributed by atoms with E-state index in [9.17, 15) is 9.18 Å². The number of ether oxygens (including phenoxy) is 1. The SMILES string of the molecule is COc1ccc(Br)c(NC(=O)c2cccc(F)c2NN)c1. The van der Waals surface area contributed by atoms with Crippen LogP contribution in [0.15, 0.2) is 40.9 Å². The predicted molar refractivity (Wildman–Crippen MR) is 82.9 cm³/mol. The number of nitrogens with one attached hydrogen (secondary N) is 2. The van der Waals surface area contributed by atoms with E-state index in [0.717, 1.165) is 0 Å². The van der Waals surface area contributed by atoms with Crippen LogP contribution < -0.4 is 21.3 Å². The predicted octanol–water partition coefficient (Wildman–Crippen LogP) is 3.13. The molecule has 0 atom stereocenters. The molecule has 0 saturated heterocycles. The zero-order chi connectivity index (χ0) is 15.4. The van der Waals surface area contributed by atoms with Crippen molar-refractivity contribution < 1.29 is 13.9 Å². The summed E-state index contributed by atoms with van der Waals surface area (Å²) in [6.45, 7) is 0. The standard InChI is InChI=1S/C14H13BrFN3O2/c1-21-8-5-6-10(15)12(7-8)18-14(20)9-3-2-4-11(16)13(9)19-17/h2-7,19H,17H2,1H3,(H,18,20). The van der Waals surface area contributed by atoms with Gasteiger partial charge in [0.05, 0.1) is 24.0 Å². The van der Waals surface area contributed by atoms with E-state index < -0.39 is 11.7 Å². The van der Waals surface area contributed by atoms with Crippen molar-refractivity contribution in [2.45, 2.75) is 0 Å². The normalized spacial score (nSPS) is 10.1. The Morgan fingerprint density at radius 1 is 1.33 bits per heavy atom. The van der Waals surface area contributed by atoms with Crippen molar-refractivity contribution in [1.82, 2.24) is 0 Å². The van der Waals surface area contributed by atoms with Crippen LogP contribution in [-0.4, -0.2) is 13.0 Å². The van der Waals surface area contributed by atoms with E-state index in [1.807, 2.05) is 0 Å². The molecule has 0 radical (unpaired) electrons. The second-order valence-corrected chi connectivity index (χ2v) is 4.96. The van der Waals surface area contributed by atoms with Crippen LogP contribution in [0.4, 0.5) is 15.8 Å². The number of anilines is 2.